The largest absolute Gasteiger partial charge is 0.389 e. The van der Waals surface area contributed by atoms with Gasteiger partial charge >= 0.3 is 6.18 Å². The lowest BCUT2D eigenvalue weighted by Gasteiger charge is -2.09. The minimum absolute atomic E-state index is 0.0526. The number of anilines is 1. The van der Waals surface area contributed by atoms with Crippen molar-refractivity contribution in [3.8, 4) is 0 Å². The van der Waals surface area contributed by atoms with Crippen LogP contribution in [0.25, 0.3) is 0 Å². The van der Waals surface area contributed by atoms with Crippen LogP contribution in [0.15, 0.2) is 41.6 Å². The summed E-state index contributed by atoms with van der Waals surface area (Å²) in [6.45, 7) is 0. The van der Waals surface area contributed by atoms with E-state index in [1.54, 1.807) is 0 Å². The molecule has 0 saturated heterocycles. The van der Waals surface area contributed by atoms with E-state index in [-0.39, 0.29) is 17.0 Å². The fraction of sp³-hybridized carbons (Fsp3) is 0.250. The van der Waals surface area contributed by atoms with Gasteiger partial charge in [-0.15, -0.1) is 0 Å². The standard InChI is InChI=1S/C12H12F3N3O2S/c13-12(14,15)5-4-9-2-1-3-10(6-9)18-21(19,20)11-7-16-17-8-11/h1-3,6-8,18H,4-5H2,(H,16,17). The van der Waals surface area contributed by atoms with Crippen molar-refractivity contribution in [1.82, 2.24) is 10.2 Å². The van der Waals surface area contributed by atoms with Gasteiger partial charge in [-0.2, -0.15) is 18.3 Å². The number of aromatic amines is 1. The summed E-state index contributed by atoms with van der Waals surface area (Å²) >= 11 is 0. The van der Waals surface area contributed by atoms with Gasteiger partial charge in [-0.05, 0) is 24.1 Å². The third-order valence-electron chi connectivity index (χ3n) is 2.66. The van der Waals surface area contributed by atoms with Crippen molar-refractivity contribution in [2.75, 3.05) is 4.72 Å². The zero-order chi connectivity index (χ0) is 15.5. The highest BCUT2D eigenvalue weighted by atomic mass is 32.2. The van der Waals surface area contributed by atoms with Gasteiger partial charge in [0.25, 0.3) is 10.0 Å². The fourth-order valence-electron chi connectivity index (χ4n) is 1.68. The summed E-state index contributed by atoms with van der Waals surface area (Å²) in [6.07, 6.45) is -3.06. The number of nitrogens with zero attached hydrogens (tertiary/aromatic N) is 1. The maximum Gasteiger partial charge on any atom is 0.389 e. The van der Waals surface area contributed by atoms with Gasteiger partial charge in [0.05, 0.1) is 6.20 Å². The summed E-state index contributed by atoms with van der Waals surface area (Å²) in [5.41, 5.74) is 0.607. The number of aromatic nitrogens is 2. The summed E-state index contributed by atoms with van der Waals surface area (Å²) in [4.78, 5) is -0.0526. The van der Waals surface area contributed by atoms with Gasteiger partial charge < -0.3 is 0 Å². The lowest BCUT2D eigenvalue weighted by Crippen LogP contribution is -2.12. The molecule has 0 aliphatic heterocycles. The van der Waals surface area contributed by atoms with Gasteiger partial charge in [0, 0.05) is 18.3 Å². The van der Waals surface area contributed by atoms with Crippen molar-refractivity contribution in [3.05, 3.63) is 42.2 Å². The van der Waals surface area contributed by atoms with Crippen molar-refractivity contribution >= 4 is 15.7 Å². The van der Waals surface area contributed by atoms with Crippen LogP contribution in [-0.2, 0) is 16.4 Å². The quantitative estimate of drug-likeness (QED) is 0.890. The molecule has 0 unspecified atom stereocenters. The van der Waals surface area contributed by atoms with E-state index >= 15 is 0 Å². The number of halogens is 3. The lowest BCUT2D eigenvalue weighted by atomic mass is 10.1. The second kappa shape index (κ2) is 5.76. The van der Waals surface area contributed by atoms with Crippen LogP contribution in [0.3, 0.4) is 0 Å². The van der Waals surface area contributed by atoms with E-state index in [0.29, 0.717) is 5.56 Å². The molecule has 0 radical (unpaired) electrons. The van der Waals surface area contributed by atoms with Gasteiger partial charge in [-0.25, -0.2) is 8.42 Å². The Morgan fingerprint density at radius 1 is 1.29 bits per heavy atom. The Hall–Kier alpha value is -2.03. The molecular formula is C12H12F3N3O2S. The van der Waals surface area contributed by atoms with Crippen molar-refractivity contribution in [2.45, 2.75) is 23.9 Å². The van der Waals surface area contributed by atoms with Crippen LogP contribution in [0.4, 0.5) is 18.9 Å². The smallest absolute Gasteiger partial charge is 0.284 e. The molecule has 9 heteroatoms. The van der Waals surface area contributed by atoms with Gasteiger partial charge in [0.15, 0.2) is 0 Å². The molecule has 114 valence electrons. The molecule has 0 aliphatic rings. The first-order chi connectivity index (χ1) is 9.76. The van der Waals surface area contributed by atoms with Gasteiger partial charge in [0.2, 0.25) is 0 Å². The molecule has 0 amide bonds. The first kappa shape index (κ1) is 15.4. The van der Waals surface area contributed by atoms with Gasteiger partial charge in [-0.3, -0.25) is 9.82 Å². The zero-order valence-electron chi connectivity index (χ0n) is 10.7. The van der Waals surface area contributed by atoms with E-state index in [0.717, 1.165) is 6.20 Å². The zero-order valence-corrected chi connectivity index (χ0v) is 11.5. The van der Waals surface area contributed by atoms with Crippen LogP contribution in [-0.4, -0.2) is 24.8 Å². The van der Waals surface area contributed by atoms with Crippen LogP contribution in [0.1, 0.15) is 12.0 Å². The predicted octanol–water partition coefficient (Wildman–Crippen LogP) is 2.71. The number of hydrogen-bond acceptors (Lipinski definition) is 3. The number of hydrogen-bond donors (Lipinski definition) is 2. The predicted molar refractivity (Wildman–Crippen MR) is 70.2 cm³/mol. The summed E-state index contributed by atoms with van der Waals surface area (Å²) in [5.74, 6) is 0. The SMILES string of the molecule is O=S(=O)(Nc1cccc(CCC(F)(F)F)c1)c1cn[nH]c1. The molecule has 2 rings (SSSR count). The van der Waals surface area contributed by atoms with Crippen LogP contribution >= 0.6 is 0 Å². The van der Waals surface area contributed by atoms with Crippen molar-refractivity contribution < 1.29 is 21.6 Å². The monoisotopic (exact) mass is 319 g/mol. The van der Waals surface area contributed by atoms with E-state index in [9.17, 15) is 21.6 Å². The van der Waals surface area contributed by atoms with Gasteiger partial charge in [-0.1, -0.05) is 12.1 Å². The van der Waals surface area contributed by atoms with Gasteiger partial charge in [0.1, 0.15) is 4.90 Å². The lowest BCUT2D eigenvalue weighted by molar-refractivity contribution is -0.133. The average Bonchev–Trinajstić information content (AvgIpc) is 2.90. The van der Waals surface area contributed by atoms with Crippen LogP contribution in [0.5, 0.6) is 0 Å². The Balaban J connectivity index is 2.11. The Morgan fingerprint density at radius 2 is 2.05 bits per heavy atom. The maximum absolute atomic E-state index is 12.2. The normalized spacial score (nSPS) is 12.3. The number of benzene rings is 1. The molecule has 1 aromatic carbocycles. The molecule has 1 heterocycles. The van der Waals surface area contributed by atoms with E-state index in [1.165, 1.54) is 30.5 Å². The van der Waals surface area contributed by atoms with Crippen molar-refractivity contribution in [1.29, 1.82) is 0 Å². The highest BCUT2D eigenvalue weighted by molar-refractivity contribution is 7.92. The number of rotatable bonds is 5. The summed E-state index contributed by atoms with van der Waals surface area (Å²) < 4.78 is 62.7. The Labute approximate surface area is 119 Å². The number of aryl methyl sites for hydroxylation is 1. The Kier molecular flexibility index (Phi) is 4.21. The second-order valence-corrected chi connectivity index (χ2v) is 6.04. The van der Waals surface area contributed by atoms with E-state index < -0.39 is 22.6 Å². The Bertz CT molecular complexity index is 697. The topological polar surface area (TPSA) is 74.8 Å². The number of sulfonamides is 1. The average molecular weight is 319 g/mol. The molecule has 2 N–H and O–H groups in total. The third kappa shape index (κ3) is 4.48. The summed E-state index contributed by atoms with van der Waals surface area (Å²) in [5, 5.41) is 5.91. The molecule has 0 saturated carbocycles. The van der Waals surface area contributed by atoms with Crippen molar-refractivity contribution in [3.63, 3.8) is 0 Å². The molecule has 1 aromatic heterocycles. The molecule has 0 bridgehead atoms. The number of nitrogens with one attached hydrogen (secondary N) is 2. The molecule has 21 heavy (non-hydrogen) atoms. The molecular weight excluding hydrogens is 307 g/mol. The molecule has 0 fully saturated rings. The highest BCUT2D eigenvalue weighted by Crippen LogP contribution is 2.23. The maximum atomic E-state index is 12.2. The summed E-state index contributed by atoms with van der Waals surface area (Å²) in [6, 6.07) is 5.86. The first-order valence-corrected chi connectivity index (χ1v) is 7.42. The van der Waals surface area contributed by atoms with E-state index in [4.69, 9.17) is 0 Å². The van der Waals surface area contributed by atoms with E-state index in [1.807, 2.05) is 0 Å². The molecule has 2 aromatic rings. The molecule has 5 nitrogen and oxygen atoms in total. The second-order valence-electron chi connectivity index (χ2n) is 4.36. The molecule has 0 atom stereocenters. The molecule has 0 spiro atoms. The first-order valence-electron chi connectivity index (χ1n) is 5.93. The van der Waals surface area contributed by atoms with Crippen molar-refractivity contribution in [2.24, 2.45) is 0 Å². The van der Waals surface area contributed by atoms with Crippen LogP contribution in [0, 0.1) is 0 Å². The minimum atomic E-state index is -4.24. The number of alkyl halides is 3. The molecule has 0 aliphatic carbocycles. The van der Waals surface area contributed by atoms with Crippen LogP contribution < -0.4 is 4.72 Å². The van der Waals surface area contributed by atoms with E-state index in [2.05, 4.69) is 14.9 Å². The highest BCUT2D eigenvalue weighted by Gasteiger charge is 2.26. The van der Waals surface area contributed by atoms with Crippen LogP contribution in [0.2, 0.25) is 0 Å². The minimum Gasteiger partial charge on any atom is -0.284 e. The summed E-state index contributed by atoms with van der Waals surface area (Å²) in [7, 11) is -3.80. The number of H-pyrrole nitrogens is 1. The fourth-order valence-corrected chi connectivity index (χ4v) is 2.63. The third-order valence-corrected chi connectivity index (χ3v) is 4.01. The Morgan fingerprint density at radius 3 is 2.67 bits per heavy atom.